The second kappa shape index (κ2) is 27.0. The van der Waals surface area contributed by atoms with Crippen molar-refractivity contribution in [2.75, 3.05) is 0 Å². The Morgan fingerprint density at radius 1 is 0.471 bits per heavy atom. The first kappa shape index (κ1) is 39.0. The van der Waals surface area contributed by atoms with E-state index in [0.29, 0.717) is 0 Å². The van der Waals surface area contributed by atoms with Crippen molar-refractivity contribution >= 4 is 11.6 Å². The smallest absolute Gasteiger partial charge is 0.141 e. The topological polar surface area (TPSA) is 0 Å². The van der Waals surface area contributed by atoms with E-state index in [1.807, 2.05) is 82.2 Å². The molecule has 0 spiro atoms. The van der Waals surface area contributed by atoms with Crippen LogP contribution in [0.3, 0.4) is 0 Å². The lowest BCUT2D eigenvalue weighted by Gasteiger charge is -1.95. The van der Waals surface area contributed by atoms with Crippen molar-refractivity contribution in [2.45, 2.75) is 83.1 Å². The third kappa shape index (κ3) is 21.6. The van der Waals surface area contributed by atoms with Crippen molar-refractivity contribution in [2.24, 2.45) is 0 Å². The average Bonchev–Trinajstić information content (AvgIpc) is 2.87. The van der Waals surface area contributed by atoms with Crippen LogP contribution in [0.1, 0.15) is 77.6 Å². The van der Waals surface area contributed by atoms with Crippen molar-refractivity contribution in [3.8, 4) is 0 Å². The highest BCUT2D eigenvalue weighted by atomic mass is 35.5. The summed E-state index contributed by atoms with van der Waals surface area (Å²) in [5.74, 6) is -0.654. The van der Waals surface area contributed by atoms with E-state index < -0.39 is 0 Å². The Bertz CT molecular complexity index is 758. The van der Waals surface area contributed by atoms with Crippen LogP contribution in [0.25, 0.3) is 0 Å². The van der Waals surface area contributed by atoms with E-state index in [0.717, 1.165) is 22.3 Å². The third-order valence-electron chi connectivity index (χ3n) is 3.40. The van der Waals surface area contributed by atoms with Crippen LogP contribution < -0.4 is 0 Å². The average molecular weight is 499 g/mol. The molecule has 3 aromatic rings. The van der Waals surface area contributed by atoms with E-state index in [1.54, 1.807) is 37.3 Å². The van der Waals surface area contributed by atoms with Gasteiger partial charge in [-0.05, 0) is 69.2 Å². The summed E-state index contributed by atoms with van der Waals surface area (Å²) in [5.41, 5.74) is 3.89. The molecule has 0 heterocycles. The largest absolute Gasteiger partial charge is 0.207 e. The van der Waals surface area contributed by atoms with Gasteiger partial charge in [0.1, 0.15) is 17.5 Å². The fraction of sp³-hybridized carbons (Fsp3) is 0.400. The van der Waals surface area contributed by atoms with Crippen LogP contribution >= 0.6 is 11.6 Å². The molecular formula is C30H46ClF3. The van der Waals surface area contributed by atoms with Crippen molar-refractivity contribution in [1.82, 2.24) is 0 Å². The van der Waals surface area contributed by atoms with Gasteiger partial charge in [0.2, 0.25) is 0 Å². The lowest BCUT2D eigenvalue weighted by atomic mass is 10.1. The van der Waals surface area contributed by atoms with Crippen LogP contribution in [0.2, 0.25) is 5.02 Å². The zero-order chi connectivity index (χ0) is 27.7. The molecule has 0 N–H and O–H groups in total. The van der Waals surface area contributed by atoms with Gasteiger partial charge in [-0.25, -0.2) is 13.2 Å². The summed E-state index contributed by atoms with van der Waals surface area (Å²) in [5, 5.41) is 0.190. The zero-order valence-electron chi connectivity index (χ0n) is 23.3. The van der Waals surface area contributed by atoms with Crippen molar-refractivity contribution in [1.29, 1.82) is 0 Å². The van der Waals surface area contributed by atoms with Crippen LogP contribution in [0.15, 0.2) is 60.7 Å². The molecule has 4 heteroatoms. The first-order chi connectivity index (χ1) is 16.2. The molecule has 0 aromatic heterocycles. The highest BCUT2D eigenvalue weighted by Crippen LogP contribution is 2.14. The second-order valence-corrected chi connectivity index (χ2v) is 6.37. The van der Waals surface area contributed by atoms with E-state index in [2.05, 4.69) is 0 Å². The predicted molar refractivity (Wildman–Crippen MR) is 149 cm³/mol. The zero-order valence-corrected chi connectivity index (χ0v) is 24.0. The Balaban J connectivity index is -0.000000173. The summed E-state index contributed by atoms with van der Waals surface area (Å²) in [6.45, 7) is 23.5. The lowest BCUT2D eigenvalue weighted by Crippen LogP contribution is -1.81. The van der Waals surface area contributed by atoms with E-state index in [1.165, 1.54) is 24.3 Å². The second-order valence-electron chi connectivity index (χ2n) is 5.97. The Labute approximate surface area is 213 Å². The molecule has 0 atom stereocenters. The molecule has 3 rings (SSSR count). The number of benzene rings is 3. The predicted octanol–water partition coefficient (Wildman–Crippen LogP) is 11.5. The molecule has 0 saturated heterocycles. The number of aryl methyl sites for hydroxylation is 4. The fourth-order valence-corrected chi connectivity index (χ4v) is 2.16. The van der Waals surface area contributed by atoms with Crippen molar-refractivity contribution < 1.29 is 13.2 Å². The standard InChI is InChI=1S/C8H9F.C7H6ClF.C7H7F.4C2H6/c1-6-3-4-8(9)7(2)5-6;1-5-2-3-7(9)6(8)4-5;1-6-2-4-7(8)5-3-6;4*1-2/h3-5H,1-2H3;2-4H,1H3;2-5H,1H3;4*1-2H3. The Morgan fingerprint density at radius 3 is 1.12 bits per heavy atom. The van der Waals surface area contributed by atoms with Crippen molar-refractivity contribution in [3.05, 3.63) is 105 Å². The summed E-state index contributed by atoms with van der Waals surface area (Å²) in [6.07, 6.45) is 0. The quantitative estimate of drug-likeness (QED) is 0.289. The van der Waals surface area contributed by atoms with Gasteiger partial charge in [-0.2, -0.15) is 0 Å². The van der Waals surface area contributed by atoms with Crippen LogP contribution in [-0.4, -0.2) is 0 Å². The summed E-state index contributed by atoms with van der Waals surface area (Å²) in [7, 11) is 0. The van der Waals surface area contributed by atoms with Gasteiger partial charge in [-0.1, -0.05) is 108 Å². The first-order valence-electron chi connectivity index (χ1n) is 12.1. The number of hydrogen-bond acceptors (Lipinski definition) is 0. The fourth-order valence-electron chi connectivity index (χ4n) is 1.93. The third-order valence-corrected chi connectivity index (χ3v) is 3.69. The maximum Gasteiger partial charge on any atom is 0.141 e. The minimum absolute atomic E-state index is 0.124. The van der Waals surface area contributed by atoms with Crippen LogP contribution in [0, 0.1) is 45.1 Å². The summed E-state index contributed by atoms with van der Waals surface area (Å²) < 4.78 is 37.0. The molecular weight excluding hydrogens is 453 g/mol. The molecule has 0 fully saturated rings. The normalized spacial score (nSPS) is 8.00. The molecule has 0 bridgehead atoms. The Hall–Kier alpha value is -2.26. The highest BCUT2D eigenvalue weighted by Gasteiger charge is 1.95. The first-order valence-corrected chi connectivity index (χ1v) is 12.4. The Morgan fingerprint density at radius 2 is 0.824 bits per heavy atom. The van der Waals surface area contributed by atoms with Gasteiger partial charge in [0.05, 0.1) is 5.02 Å². The van der Waals surface area contributed by atoms with Gasteiger partial charge < -0.3 is 0 Å². The van der Waals surface area contributed by atoms with Gasteiger partial charge >= 0.3 is 0 Å². The van der Waals surface area contributed by atoms with Gasteiger partial charge in [-0.15, -0.1) is 0 Å². The monoisotopic (exact) mass is 498 g/mol. The molecule has 0 unspecified atom stereocenters. The Kier molecular flexibility index (Phi) is 30.9. The van der Waals surface area contributed by atoms with E-state index in [4.69, 9.17) is 11.6 Å². The molecule has 0 nitrogen and oxygen atoms in total. The SMILES string of the molecule is CC.CC.CC.CC.Cc1ccc(F)c(C)c1.Cc1ccc(F)c(Cl)c1.Cc1ccc(F)cc1. The van der Waals surface area contributed by atoms with E-state index in [-0.39, 0.29) is 22.5 Å². The summed E-state index contributed by atoms with van der Waals surface area (Å²) in [4.78, 5) is 0. The van der Waals surface area contributed by atoms with Crippen LogP contribution in [0.5, 0.6) is 0 Å². The van der Waals surface area contributed by atoms with Crippen molar-refractivity contribution in [3.63, 3.8) is 0 Å². The molecule has 3 aromatic carbocycles. The van der Waals surface area contributed by atoms with Crippen LogP contribution in [0.4, 0.5) is 13.2 Å². The van der Waals surface area contributed by atoms with Gasteiger partial charge in [0.25, 0.3) is 0 Å². The molecule has 0 radical (unpaired) electrons. The van der Waals surface area contributed by atoms with E-state index in [9.17, 15) is 13.2 Å². The minimum atomic E-state index is -0.359. The molecule has 0 aliphatic carbocycles. The summed E-state index contributed by atoms with van der Waals surface area (Å²) >= 11 is 5.44. The van der Waals surface area contributed by atoms with Crippen LogP contribution in [-0.2, 0) is 0 Å². The number of rotatable bonds is 0. The maximum absolute atomic E-state index is 12.5. The molecule has 0 aliphatic heterocycles. The number of hydrogen-bond donors (Lipinski definition) is 0. The molecule has 0 saturated carbocycles. The molecule has 0 aliphatic rings. The van der Waals surface area contributed by atoms with Gasteiger partial charge in [0.15, 0.2) is 0 Å². The highest BCUT2D eigenvalue weighted by molar-refractivity contribution is 6.30. The van der Waals surface area contributed by atoms with Gasteiger partial charge in [-0.3, -0.25) is 0 Å². The van der Waals surface area contributed by atoms with E-state index >= 15 is 0 Å². The van der Waals surface area contributed by atoms with Gasteiger partial charge in [0, 0.05) is 0 Å². The molecule has 0 amide bonds. The summed E-state index contributed by atoms with van der Waals surface area (Å²) in [6, 6.07) is 16.1. The lowest BCUT2D eigenvalue weighted by molar-refractivity contribution is 0.618. The minimum Gasteiger partial charge on any atom is -0.207 e. The molecule has 34 heavy (non-hydrogen) atoms. The number of halogens is 4. The molecule has 194 valence electrons. The maximum atomic E-state index is 12.5.